The molecule has 1 N–H and O–H groups in total. The molecule has 0 saturated heterocycles. The molecule has 4 saturated carbocycles. The van der Waals surface area contributed by atoms with E-state index in [9.17, 15) is 19.5 Å². The minimum absolute atomic E-state index is 0.0144. The van der Waals surface area contributed by atoms with Gasteiger partial charge in [-0.2, -0.15) is 0 Å². The molecule has 0 aromatic carbocycles. The fourth-order valence-corrected chi connectivity index (χ4v) is 8.95. The molecule has 186 valence electrons. The van der Waals surface area contributed by atoms with E-state index in [0.29, 0.717) is 36.5 Å². The number of ether oxygens (including phenoxy) is 2. The largest absolute Gasteiger partial charge is 0.469 e. The third-order valence-electron chi connectivity index (χ3n) is 10.6. The van der Waals surface area contributed by atoms with Gasteiger partial charge < -0.3 is 14.6 Å². The lowest BCUT2D eigenvalue weighted by molar-refractivity contribution is -0.188. The van der Waals surface area contributed by atoms with Gasteiger partial charge >= 0.3 is 11.9 Å². The maximum atomic E-state index is 13.5. The first-order chi connectivity index (χ1) is 15.5. The summed E-state index contributed by atoms with van der Waals surface area (Å²) in [6, 6.07) is 0. The van der Waals surface area contributed by atoms with Gasteiger partial charge in [-0.15, -0.1) is 0 Å². The molecule has 0 aromatic heterocycles. The Labute approximate surface area is 198 Å². The van der Waals surface area contributed by atoms with Crippen LogP contribution in [0.25, 0.3) is 0 Å². The minimum Gasteiger partial charge on any atom is -0.469 e. The lowest BCUT2D eigenvalue weighted by Gasteiger charge is -2.61. The number of rotatable bonds is 5. The van der Waals surface area contributed by atoms with Crippen LogP contribution in [0.2, 0.25) is 0 Å². The number of carbonyl (C=O) groups excluding carboxylic acids is 3. The number of ketones is 1. The Bertz CT molecular complexity index is 793. The van der Waals surface area contributed by atoms with Crippen molar-refractivity contribution in [1.82, 2.24) is 0 Å². The SMILES string of the molecule is COC(=O)CC[C@@H](C)[C@H]1CC[C@H]2[C@@H]3[C@@H](O)C(=O)[C@H]4C[C@H](OC(C)=O)CC[C@]4(C)[C@H]3CC[C@]12C. The Morgan fingerprint density at radius 2 is 1.76 bits per heavy atom. The van der Waals surface area contributed by atoms with Crippen molar-refractivity contribution in [1.29, 1.82) is 0 Å². The molecule has 6 heteroatoms. The fraction of sp³-hybridized carbons (Fsp3) is 0.889. The minimum atomic E-state index is -0.919. The van der Waals surface area contributed by atoms with Gasteiger partial charge in [0, 0.05) is 19.3 Å². The molecule has 0 bridgehead atoms. The van der Waals surface area contributed by atoms with Crippen LogP contribution < -0.4 is 0 Å². The number of aliphatic hydroxyl groups excluding tert-OH is 1. The number of Topliss-reactive ketones (excluding diaryl/α,β-unsaturated/α-hetero) is 1. The number of hydrogen-bond acceptors (Lipinski definition) is 6. The molecular weight excluding hydrogens is 420 g/mol. The summed E-state index contributed by atoms with van der Waals surface area (Å²) in [5.41, 5.74) is -0.0380. The molecule has 10 atom stereocenters. The molecule has 0 amide bonds. The van der Waals surface area contributed by atoms with Gasteiger partial charge in [-0.05, 0) is 91.8 Å². The van der Waals surface area contributed by atoms with Gasteiger partial charge in [0.2, 0.25) is 0 Å². The average Bonchev–Trinajstić information content (AvgIpc) is 3.13. The fourth-order valence-electron chi connectivity index (χ4n) is 8.95. The zero-order valence-electron chi connectivity index (χ0n) is 21.0. The number of fused-ring (bicyclic) bond motifs is 5. The molecule has 0 heterocycles. The summed E-state index contributed by atoms with van der Waals surface area (Å²) in [6.45, 7) is 8.32. The lowest BCUT2D eigenvalue weighted by atomic mass is 9.43. The van der Waals surface area contributed by atoms with E-state index < -0.39 is 6.10 Å². The van der Waals surface area contributed by atoms with E-state index in [4.69, 9.17) is 9.47 Å². The van der Waals surface area contributed by atoms with Crippen molar-refractivity contribution < 1.29 is 29.0 Å². The van der Waals surface area contributed by atoms with Crippen LogP contribution in [0.3, 0.4) is 0 Å². The van der Waals surface area contributed by atoms with Crippen molar-refractivity contribution in [3.8, 4) is 0 Å². The Morgan fingerprint density at radius 1 is 1.09 bits per heavy atom. The molecule has 33 heavy (non-hydrogen) atoms. The maximum Gasteiger partial charge on any atom is 0.305 e. The van der Waals surface area contributed by atoms with Gasteiger partial charge in [0.25, 0.3) is 0 Å². The van der Waals surface area contributed by atoms with E-state index >= 15 is 0 Å². The van der Waals surface area contributed by atoms with E-state index in [1.54, 1.807) is 0 Å². The summed E-state index contributed by atoms with van der Waals surface area (Å²) in [6.07, 6.45) is 6.66. The first kappa shape index (κ1) is 24.7. The highest BCUT2D eigenvalue weighted by Crippen LogP contribution is 2.67. The molecule has 4 rings (SSSR count). The molecule has 0 unspecified atom stereocenters. The molecule has 4 aliphatic rings. The predicted molar refractivity (Wildman–Crippen MR) is 123 cm³/mol. The Kier molecular flexibility index (Phi) is 6.71. The van der Waals surface area contributed by atoms with Crippen molar-refractivity contribution in [2.75, 3.05) is 7.11 Å². The lowest BCUT2D eigenvalue weighted by Crippen LogP contribution is -2.62. The van der Waals surface area contributed by atoms with Gasteiger partial charge in [-0.1, -0.05) is 20.8 Å². The van der Waals surface area contributed by atoms with Crippen molar-refractivity contribution in [3.05, 3.63) is 0 Å². The molecule has 0 aromatic rings. The third kappa shape index (κ3) is 4.04. The summed E-state index contributed by atoms with van der Waals surface area (Å²) in [4.78, 5) is 36.7. The molecule has 4 fully saturated rings. The average molecular weight is 463 g/mol. The van der Waals surface area contributed by atoms with Crippen LogP contribution in [0.4, 0.5) is 0 Å². The highest BCUT2D eigenvalue weighted by Gasteiger charge is 2.65. The molecule has 6 nitrogen and oxygen atoms in total. The molecule has 0 spiro atoms. The van der Waals surface area contributed by atoms with Gasteiger partial charge in [-0.3, -0.25) is 14.4 Å². The van der Waals surface area contributed by atoms with E-state index in [2.05, 4.69) is 20.8 Å². The Balaban J connectivity index is 1.54. The van der Waals surface area contributed by atoms with E-state index in [1.807, 2.05) is 0 Å². The van der Waals surface area contributed by atoms with Crippen LogP contribution in [-0.2, 0) is 23.9 Å². The number of esters is 2. The monoisotopic (exact) mass is 462 g/mol. The zero-order chi connectivity index (χ0) is 24.1. The van der Waals surface area contributed by atoms with Crippen molar-refractivity contribution in [2.24, 2.45) is 46.3 Å². The first-order valence-corrected chi connectivity index (χ1v) is 13.0. The highest BCUT2D eigenvalue weighted by atomic mass is 16.5. The molecule has 0 radical (unpaired) electrons. The molecular formula is C27H42O6. The molecule has 4 aliphatic carbocycles. The van der Waals surface area contributed by atoms with Gasteiger partial charge in [0.1, 0.15) is 12.2 Å². The second kappa shape index (κ2) is 8.98. The van der Waals surface area contributed by atoms with Gasteiger partial charge in [0.15, 0.2) is 5.78 Å². The van der Waals surface area contributed by atoms with Gasteiger partial charge in [0.05, 0.1) is 7.11 Å². The summed E-state index contributed by atoms with van der Waals surface area (Å²) < 4.78 is 10.3. The maximum absolute atomic E-state index is 13.5. The predicted octanol–water partition coefficient (Wildman–Crippen LogP) is 4.32. The second-order valence-corrected chi connectivity index (χ2v) is 12.0. The molecule has 0 aliphatic heterocycles. The standard InChI is InChI=1S/C27H42O6/c1-15(6-9-22(29)32-5)18-7-8-19-23-20(11-13-26(18,19)3)27(4)12-10-17(33-16(2)28)14-21(27)24(30)25(23)31/h15,17-21,23,25,31H,6-14H2,1-5H3/t15-,17-,18-,19+,20+,21-,23+,25-,26-,27-/m1/s1. The second-order valence-electron chi connectivity index (χ2n) is 12.0. The quantitative estimate of drug-likeness (QED) is 0.612. The van der Waals surface area contributed by atoms with Crippen LogP contribution in [0.1, 0.15) is 85.5 Å². The number of methoxy groups -OCH3 is 1. The number of carbonyl (C=O) groups is 3. The van der Waals surface area contributed by atoms with Crippen LogP contribution >= 0.6 is 0 Å². The topological polar surface area (TPSA) is 89.9 Å². The van der Waals surface area contributed by atoms with Crippen molar-refractivity contribution >= 4 is 17.7 Å². The summed E-state index contributed by atoms with van der Waals surface area (Å²) >= 11 is 0. The van der Waals surface area contributed by atoms with E-state index in [-0.39, 0.29) is 46.5 Å². The number of hydrogen-bond donors (Lipinski definition) is 1. The zero-order valence-corrected chi connectivity index (χ0v) is 21.0. The number of aliphatic hydroxyl groups is 1. The van der Waals surface area contributed by atoms with Crippen LogP contribution in [0.15, 0.2) is 0 Å². The highest BCUT2D eigenvalue weighted by molar-refractivity contribution is 5.87. The first-order valence-electron chi connectivity index (χ1n) is 13.0. The summed E-state index contributed by atoms with van der Waals surface area (Å²) in [5.74, 6) is 0.893. The Hall–Kier alpha value is -1.43. The normalized spacial score (nSPS) is 45.4. The van der Waals surface area contributed by atoms with E-state index in [0.717, 1.165) is 44.9 Å². The van der Waals surface area contributed by atoms with Gasteiger partial charge in [-0.25, -0.2) is 0 Å². The summed E-state index contributed by atoms with van der Waals surface area (Å²) in [5, 5.41) is 11.4. The Morgan fingerprint density at radius 3 is 2.42 bits per heavy atom. The van der Waals surface area contributed by atoms with Crippen molar-refractivity contribution in [2.45, 2.75) is 97.7 Å². The van der Waals surface area contributed by atoms with Crippen molar-refractivity contribution in [3.63, 3.8) is 0 Å². The van der Waals surface area contributed by atoms with Crippen LogP contribution in [0, 0.1) is 46.3 Å². The van der Waals surface area contributed by atoms with E-state index in [1.165, 1.54) is 14.0 Å². The smallest absolute Gasteiger partial charge is 0.305 e. The summed E-state index contributed by atoms with van der Waals surface area (Å²) in [7, 11) is 1.44. The van der Waals surface area contributed by atoms with Crippen LogP contribution in [-0.4, -0.2) is 42.1 Å². The third-order valence-corrected chi connectivity index (χ3v) is 10.6. The van der Waals surface area contributed by atoms with Crippen LogP contribution in [0.5, 0.6) is 0 Å².